The number of anilines is 2. The second-order valence-corrected chi connectivity index (χ2v) is 4.71. The third kappa shape index (κ3) is 3.31. The predicted octanol–water partition coefficient (Wildman–Crippen LogP) is 3.51. The van der Waals surface area contributed by atoms with Crippen LogP contribution < -0.4 is 10.6 Å². The fourth-order valence-electron chi connectivity index (χ4n) is 1.45. The van der Waals surface area contributed by atoms with E-state index in [1.807, 2.05) is 5.32 Å². The zero-order valence-corrected chi connectivity index (χ0v) is 10.9. The summed E-state index contributed by atoms with van der Waals surface area (Å²) in [6.45, 7) is 0. The van der Waals surface area contributed by atoms with Crippen LogP contribution in [-0.4, -0.2) is 17.1 Å². The number of hydrogen-bond acceptors (Lipinski definition) is 3. The van der Waals surface area contributed by atoms with Crippen molar-refractivity contribution >= 4 is 34.0 Å². The molecule has 1 aromatic heterocycles. The van der Waals surface area contributed by atoms with Crippen molar-refractivity contribution in [3.05, 3.63) is 46.6 Å². The number of rotatable bonds is 3. The Balaban J connectivity index is 2.14. The first-order chi connectivity index (χ1) is 9.88. The molecule has 2 amide bonds. The number of amides is 2. The molecule has 0 saturated carbocycles. The molecule has 0 radical (unpaired) electrons. The van der Waals surface area contributed by atoms with Crippen LogP contribution in [0.15, 0.2) is 23.6 Å². The molecule has 0 aliphatic heterocycles. The van der Waals surface area contributed by atoms with E-state index in [0.29, 0.717) is 12.1 Å². The quantitative estimate of drug-likeness (QED) is 0.758. The van der Waals surface area contributed by atoms with Gasteiger partial charge in [0, 0.05) is 12.1 Å². The van der Waals surface area contributed by atoms with Crippen LogP contribution in [0.3, 0.4) is 0 Å². The van der Waals surface area contributed by atoms with Gasteiger partial charge in [-0.2, -0.15) is 0 Å². The van der Waals surface area contributed by atoms with Gasteiger partial charge in [-0.3, -0.25) is 5.32 Å². The molecular formula is C12H7F3N2O3S. The summed E-state index contributed by atoms with van der Waals surface area (Å²) >= 11 is 0.946. The first-order valence-corrected chi connectivity index (χ1v) is 6.29. The van der Waals surface area contributed by atoms with Crippen molar-refractivity contribution in [2.45, 2.75) is 0 Å². The Morgan fingerprint density at radius 2 is 1.71 bits per heavy atom. The summed E-state index contributed by atoms with van der Waals surface area (Å²) in [4.78, 5) is 22.5. The third-order valence-corrected chi connectivity index (χ3v) is 3.21. The Labute approximate surface area is 120 Å². The predicted molar refractivity (Wildman–Crippen MR) is 70.2 cm³/mol. The van der Waals surface area contributed by atoms with E-state index in [-0.39, 0.29) is 10.6 Å². The van der Waals surface area contributed by atoms with Crippen LogP contribution in [0.4, 0.5) is 28.7 Å². The molecule has 21 heavy (non-hydrogen) atoms. The summed E-state index contributed by atoms with van der Waals surface area (Å²) in [5.41, 5.74) is -0.708. The number of carbonyl (C=O) groups is 2. The average molecular weight is 316 g/mol. The molecule has 0 unspecified atom stereocenters. The van der Waals surface area contributed by atoms with Gasteiger partial charge in [0.15, 0.2) is 11.6 Å². The largest absolute Gasteiger partial charge is 0.478 e. The molecule has 5 nitrogen and oxygen atoms in total. The van der Waals surface area contributed by atoms with Crippen LogP contribution in [0.2, 0.25) is 0 Å². The molecule has 0 bridgehead atoms. The average Bonchev–Trinajstić information content (AvgIpc) is 2.84. The summed E-state index contributed by atoms with van der Waals surface area (Å²) in [6, 6.07) is 1.07. The van der Waals surface area contributed by atoms with Gasteiger partial charge in [-0.25, -0.2) is 22.8 Å². The van der Waals surface area contributed by atoms with Crippen LogP contribution >= 0.6 is 11.3 Å². The first kappa shape index (κ1) is 14.9. The second kappa shape index (κ2) is 5.83. The number of aromatic carboxylic acids is 1. The topological polar surface area (TPSA) is 78.4 Å². The van der Waals surface area contributed by atoms with Gasteiger partial charge >= 0.3 is 12.0 Å². The van der Waals surface area contributed by atoms with E-state index in [0.717, 1.165) is 11.3 Å². The zero-order valence-electron chi connectivity index (χ0n) is 10.1. The highest BCUT2D eigenvalue weighted by molar-refractivity contribution is 7.14. The van der Waals surface area contributed by atoms with Crippen molar-refractivity contribution in [1.29, 1.82) is 0 Å². The second-order valence-electron chi connectivity index (χ2n) is 3.79. The van der Waals surface area contributed by atoms with Crippen molar-refractivity contribution in [2.24, 2.45) is 0 Å². The smallest absolute Gasteiger partial charge is 0.338 e. The molecule has 0 atom stereocenters. The Morgan fingerprint density at radius 3 is 2.38 bits per heavy atom. The van der Waals surface area contributed by atoms with Gasteiger partial charge in [0.1, 0.15) is 10.8 Å². The van der Waals surface area contributed by atoms with Crippen LogP contribution in [0.25, 0.3) is 0 Å². The minimum absolute atomic E-state index is 0.0305. The van der Waals surface area contributed by atoms with Crippen molar-refractivity contribution < 1.29 is 27.9 Å². The molecule has 1 aromatic carbocycles. The molecule has 2 aromatic rings. The molecule has 9 heteroatoms. The molecule has 2 rings (SSSR count). The maximum atomic E-state index is 13.3. The number of urea groups is 1. The van der Waals surface area contributed by atoms with E-state index in [4.69, 9.17) is 5.11 Å². The van der Waals surface area contributed by atoms with E-state index < -0.39 is 35.1 Å². The van der Waals surface area contributed by atoms with Gasteiger partial charge in [-0.1, -0.05) is 0 Å². The molecule has 0 saturated heterocycles. The van der Waals surface area contributed by atoms with Gasteiger partial charge in [-0.05, 0) is 11.4 Å². The number of carboxylic acids is 1. The van der Waals surface area contributed by atoms with Gasteiger partial charge in [0.25, 0.3) is 0 Å². The van der Waals surface area contributed by atoms with Crippen molar-refractivity contribution in [3.8, 4) is 0 Å². The van der Waals surface area contributed by atoms with E-state index in [1.165, 1.54) is 11.4 Å². The summed E-state index contributed by atoms with van der Waals surface area (Å²) in [5, 5.41) is 14.5. The summed E-state index contributed by atoms with van der Waals surface area (Å²) in [7, 11) is 0. The minimum atomic E-state index is -1.38. The highest BCUT2D eigenvalue weighted by Gasteiger charge is 2.16. The van der Waals surface area contributed by atoms with Crippen LogP contribution in [-0.2, 0) is 0 Å². The number of thiophene rings is 1. The summed E-state index contributed by atoms with van der Waals surface area (Å²) in [6.07, 6.45) is 0. The Hall–Kier alpha value is -2.55. The van der Waals surface area contributed by atoms with Gasteiger partial charge < -0.3 is 10.4 Å². The summed E-state index contributed by atoms with van der Waals surface area (Å²) < 4.78 is 39.0. The van der Waals surface area contributed by atoms with E-state index in [2.05, 4.69) is 5.32 Å². The lowest BCUT2D eigenvalue weighted by Gasteiger charge is -2.08. The molecular weight excluding hydrogens is 309 g/mol. The molecule has 3 N–H and O–H groups in total. The molecule has 0 spiro atoms. The van der Waals surface area contributed by atoms with Crippen LogP contribution in [0.5, 0.6) is 0 Å². The highest BCUT2D eigenvalue weighted by atomic mass is 32.1. The lowest BCUT2D eigenvalue weighted by molar-refractivity contribution is 0.0698. The Bertz CT molecular complexity index is 718. The lowest BCUT2D eigenvalue weighted by Crippen LogP contribution is -2.21. The van der Waals surface area contributed by atoms with Gasteiger partial charge in [-0.15, -0.1) is 11.3 Å². The summed E-state index contributed by atoms with van der Waals surface area (Å²) in [5.74, 6) is -5.11. The van der Waals surface area contributed by atoms with Gasteiger partial charge in [0.05, 0.1) is 11.3 Å². The normalized spacial score (nSPS) is 10.2. The molecule has 110 valence electrons. The first-order valence-electron chi connectivity index (χ1n) is 5.42. The van der Waals surface area contributed by atoms with E-state index in [9.17, 15) is 22.8 Å². The lowest BCUT2D eigenvalue weighted by atomic mass is 10.3. The number of benzene rings is 1. The Morgan fingerprint density at radius 1 is 1.05 bits per heavy atom. The monoisotopic (exact) mass is 316 g/mol. The van der Waals surface area contributed by atoms with Crippen LogP contribution in [0, 0.1) is 17.5 Å². The van der Waals surface area contributed by atoms with Crippen LogP contribution in [0.1, 0.15) is 10.4 Å². The molecule has 0 aliphatic rings. The van der Waals surface area contributed by atoms with Gasteiger partial charge in [0.2, 0.25) is 0 Å². The maximum Gasteiger partial charge on any atom is 0.338 e. The highest BCUT2D eigenvalue weighted by Crippen LogP contribution is 2.24. The van der Waals surface area contributed by atoms with Crippen molar-refractivity contribution in [3.63, 3.8) is 0 Å². The third-order valence-electron chi connectivity index (χ3n) is 2.38. The van der Waals surface area contributed by atoms with Crippen molar-refractivity contribution in [1.82, 2.24) is 0 Å². The zero-order chi connectivity index (χ0) is 15.6. The standard InChI is InChI=1S/C12H7F3N2O3S/c13-6-3-8(15)9(4-7(6)14)16-12(20)17-10-5(11(18)19)1-2-21-10/h1-4H,(H,18,19)(H2,16,17,20). The minimum Gasteiger partial charge on any atom is -0.478 e. The fourth-order valence-corrected chi connectivity index (χ4v) is 2.22. The Kier molecular flexibility index (Phi) is 4.13. The molecule has 0 aliphatic carbocycles. The number of carboxylic acid groups (broad SMARTS) is 1. The molecule has 0 fully saturated rings. The molecule has 1 heterocycles. The SMILES string of the molecule is O=C(Nc1cc(F)c(F)cc1F)Nc1sccc1C(=O)O. The van der Waals surface area contributed by atoms with Crippen molar-refractivity contribution in [2.75, 3.05) is 10.6 Å². The number of carbonyl (C=O) groups excluding carboxylic acids is 1. The van der Waals surface area contributed by atoms with E-state index in [1.54, 1.807) is 0 Å². The maximum absolute atomic E-state index is 13.3. The number of hydrogen-bond donors (Lipinski definition) is 3. The number of halogens is 3. The fraction of sp³-hybridized carbons (Fsp3) is 0. The number of nitrogens with one attached hydrogen (secondary N) is 2. The van der Waals surface area contributed by atoms with E-state index >= 15 is 0 Å².